The minimum absolute atomic E-state index is 0.0980. The van der Waals surface area contributed by atoms with Crippen molar-refractivity contribution in [3.05, 3.63) is 35.9 Å². The molecule has 0 aliphatic rings. The number of rotatable bonds is 11. The molecule has 5 nitrogen and oxygen atoms in total. The number of nitrogens with two attached hydrogens (primary N) is 1. The summed E-state index contributed by atoms with van der Waals surface area (Å²) in [4.78, 5) is 11.8. The molecule has 1 atom stereocenters. The Balaban J connectivity index is 2.05. The van der Waals surface area contributed by atoms with Crippen molar-refractivity contribution in [1.82, 2.24) is 5.32 Å². The molecule has 0 radical (unpaired) electrons. The van der Waals surface area contributed by atoms with Gasteiger partial charge in [-0.2, -0.15) is 0 Å². The molecular formula is C16H26N2O3. The number of hydrogen-bond donors (Lipinski definition) is 2. The zero-order chi connectivity index (χ0) is 15.3. The zero-order valence-electron chi connectivity index (χ0n) is 12.7. The second-order valence-corrected chi connectivity index (χ2v) is 4.90. The highest BCUT2D eigenvalue weighted by atomic mass is 16.5. The maximum atomic E-state index is 11.8. The van der Waals surface area contributed by atoms with Gasteiger partial charge in [0.25, 0.3) is 0 Å². The molecule has 0 aliphatic heterocycles. The lowest BCUT2D eigenvalue weighted by atomic mass is 10.1. The van der Waals surface area contributed by atoms with E-state index in [0.29, 0.717) is 32.8 Å². The second-order valence-electron chi connectivity index (χ2n) is 4.90. The summed E-state index contributed by atoms with van der Waals surface area (Å²) in [6.07, 6.45) is 2.36. The molecule has 1 aromatic rings. The number of unbranched alkanes of at least 4 members (excludes halogenated alkanes) is 1. The van der Waals surface area contributed by atoms with Crippen molar-refractivity contribution in [1.29, 1.82) is 0 Å². The average molecular weight is 294 g/mol. The maximum Gasteiger partial charge on any atom is 0.237 e. The molecule has 118 valence electrons. The van der Waals surface area contributed by atoms with E-state index in [9.17, 15) is 4.79 Å². The first kappa shape index (κ1) is 17.6. The van der Waals surface area contributed by atoms with Gasteiger partial charge in [0.2, 0.25) is 5.91 Å². The van der Waals surface area contributed by atoms with E-state index < -0.39 is 6.04 Å². The Morgan fingerprint density at radius 3 is 2.67 bits per heavy atom. The highest BCUT2D eigenvalue weighted by Crippen LogP contribution is 2.01. The van der Waals surface area contributed by atoms with Crippen LogP contribution >= 0.6 is 0 Å². The first-order chi connectivity index (χ1) is 10.2. The van der Waals surface area contributed by atoms with Gasteiger partial charge in [0.1, 0.15) is 0 Å². The van der Waals surface area contributed by atoms with E-state index in [4.69, 9.17) is 15.2 Å². The molecule has 0 bridgehead atoms. The normalized spacial score (nSPS) is 12.1. The summed E-state index contributed by atoms with van der Waals surface area (Å²) >= 11 is 0. The molecule has 0 heterocycles. The van der Waals surface area contributed by atoms with Crippen LogP contribution in [0.2, 0.25) is 0 Å². The van der Waals surface area contributed by atoms with Crippen molar-refractivity contribution in [2.24, 2.45) is 5.73 Å². The van der Waals surface area contributed by atoms with Gasteiger partial charge in [-0.3, -0.25) is 4.79 Å². The van der Waals surface area contributed by atoms with Gasteiger partial charge in [-0.15, -0.1) is 0 Å². The van der Waals surface area contributed by atoms with Crippen LogP contribution in [-0.2, 0) is 20.7 Å². The fraction of sp³-hybridized carbons (Fsp3) is 0.562. The molecule has 1 amide bonds. The summed E-state index contributed by atoms with van der Waals surface area (Å²) in [6, 6.07) is 9.30. The van der Waals surface area contributed by atoms with Crippen LogP contribution in [0.3, 0.4) is 0 Å². The van der Waals surface area contributed by atoms with Crippen molar-refractivity contribution >= 4 is 5.91 Å². The monoisotopic (exact) mass is 294 g/mol. The number of carbonyl (C=O) groups excluding carboxylic acids is 1. The molecule has 0 spiro atoms. The number of ether oxygens (including phenoxy) is 2. The van der Waals surface area contributed by atoms with E-state index in [0.717, 1.165) is 18.4 Å². The van der Waals surface area contributed by atoms with Crippen molar-refractivity contribution in [3.8, 4) is 0 Å². The molecule has 0 aliphatic carbocycles. The number of carbonyl (C=O) groups is 1. The van der Waals surface area contributed by atoms with E-state index >= 15 is 0 Å². The molecule has 0 saturated carbocycles. The Morgan fingerprint density at radius 1 is 1.19 bits per heavy atom. The number of methoxy groups -OCH3 is 1. The zero-order valence-corrected chi connectivity index (χ0v) is 12.7. The predicted molar refractivity (Wildman–Crippen MR) is 83.1 cm³/mol. The van der Waals surface area contributed by atoms with Crippen LogP contribution in [0, 0.1) is 0 Å². The summed E-state index contributed by atoms with van der Waals surface area (Å²) in [6.45, 7) is 2.56. The quantitative estimate of drug-likeness (QED) is 0.600. The third-order valence-electron chi connectivity index (χ3n) is 3.08. The van der Waals surface area contributed by atoms with Gasteiger partial charge in [-0.25, -0.2) is 0 Å². The van der Waals surface area contributed by atoms with Crippen molar-refractivity contribution in [3.63, 3.8) is 0 Å². The van der Waals surface area contributed by atoms with Gasteiger partial charge in [-0.1, -0.05) is 30.3 Å². The minimum atomic E-state index is -0.495. The van der Waals surface area contributed by atoms with Crippen molar-refractivity contribution in [2.45, 2.75) is 25.3 Å². The topological polar surface area (TPSA) is 73.6 Å². The molecule has 0 saturated heterocycles. The Morgan fingerprint density at radius 2 is 1.95 bits per heavy atom. The Kier molecular flexibility index (Phi) is 9.44. The fourth-order valence-corrected chi connectivity index (χ4v) is 1.88. The molecular weight excluding hydrogens is 268 g/mol. The molecule has 3 N–H and O–H groups in total. The van der Waals surface area contributed by atoms with Crippen LogP contribution in [0.25, 0.3) is 0 Å². The number of nitrogens with one attached hydrogen (secondary N) is 1. The van der Waals surface area contributed by atoms with Gasteiger partial charge in [0, 0.05) is 20.3 Å². The summed E-state index contributed by atoms with van der Waals surface area (Å²) in [5, 5.41) is 2.86. The molecule has 1 aromatic carbocycles. The van der Waals surface area contributed by atoms with Crippen LogP contribution in [0.5, 0.6) is 0 Å². The Bertz CT molecular complexity index is 384. The summed E-state index contributed by atoms with van der Waals surface area (Å²) in [5.41, 5.74) is 6.97. The second kappa shape index (κ2) is 11.3. The molecule has 21 heavy (non-hydrogen) atoms. The molecule has 1 rings (SSSR count). The summed E-state index contributed by atoms with van der Waals surface area (Å²) in [7, 11) is 1.65. The van der Waals surface area contributed by atoms with Crippen LogP contribution < -0.4 is 11.1 Å². The highest BCUT2D eigenvalue weighted by molar-refractivity contribution is 5.81. The fourth-order valence-electron chi connectivity index (χ4n) is 1.88. The van der Waals surface area contributed by atoms with E-state index in [-0.39, 0.29) is 5.91 Å². The van der Waals surface area contributed by atoms with Crippen LogP contribution in [-0.4, -0.2) is 45.4 Å². The average Bonchev–Trinajstić information content (AvgIpc) is 2.50. The highest BCUT2D eigenvalue weighted by Gasteiger charge is 2.12. The van der Waals surface area contributed by atoms with Gasteiger partial charge in [0.15, 0.2) is 0 Å². The largest absolute Gasteiger partial charge is 0.382 e. The number of benzene rings is 1. The van der Waals surface area contributed by atoms with E-state index in [1.54, 1.807) is 7.11 Å². The number of hydrogen-bond acceptors (Lipinski definition) is 4. The first-order valence-electron chi connectivity index (χ1n) is 7.38. The van der Waals surface area contributed by atoms with Crippen LogP contribution in [0.4, 0.5) is 0 Å². The van der Waals surface area contributed by atoms with Crippen LogP contribution in [0.1, 0.15) is 18.4 Å². The Hall–Kier alpha value is -1.43. The SMILES string of the molecule is COCCOCCCCNC(=O)[C@@H](N)Cc1ccccc1. The standard InChI is InChI=1S/C16H26N2O3/c1-20-11-12-21-10-6-5-9-18-16(19)15(17)13-14-7-3-2-4-8-14/h2-4,7-8,15H,5-6,9-13,17H2,1H3,(H,18,19)/t15-/m0/s1. The molecule has 0 unspecified atom stereocenters. The minimum Gasteiger partial charge on any atom is -0.382 e. The summed E-state index contributed by atoms with van der Waals surface area (Å²) in [5.74, 6) is -0.0980. The van der Waals surface area contributed by atoms with Crippen molar-refractivity contribution < 1.29 is 14.3 Å². The van der Waals surface area contributed by atoms with Gasteiger partial charge < -0.3 is 20.5 Å². The van der Waals surface area contributed by atoms with E-state index in [2.05, 4.69) is 5.32 Å². The van der Waals surface area contributed by atoms with Gasteiger partial charge in [-0.05, 0) is 24.8 Å². The third kappa shape index (κ3) is 8.45. The smallest absolute Gasteiger partial charge is 0.237 e. The Labute approximate surface area is 126 Å². The molecule has 5 heteroatoms. The number of amides is 1. The lowest BCUT2D eigenvalue weighted by Gasteiger charge is -2.12. The maximum absolute atomic E-state index is 11.8. The van der Waals surface area contributed by atoms with E-state index in [1.807, 2.05) is 30.3 Å². The van der Waals surface area contributed by atoms with Crippen molar-refractivity contribution in [2.75, 3.05) is 33.5 Å². The summed E-state index contributed by atoms with van der Waals surface area (Å²) < 4.78 is 10.2. The molecule has 0 aromatic heterocycles. The predicted octanol–water partition coefficient (Wildman–Crippen LogP) is 1.12. The lowest BCUT2D eigenvalue weighted by molar-refractivity contribution is -0.122. The van der Waals surface area contributed by atoms with Gasteiger partial charge in [0.05, 0.1) is 19.3 Å². The van der Waals surface area contributed by atoms with Crippen LogP contribution in [0.15, 0.2) is 30.3 Å². The lowest BCUT2D eigenvalue weighted by Crippen LogP contribution is -2.42. The third-order valence-corrected chi connectivity index (χ3v) is 3.08. The van der Waals surface area contributed by atoms with Gasteiger partial charge >= 0.3 is 0 Å². The molecule has 0 fully saturated rings. The first-order valence-corrected chi connectivity index (χ1v) is 7.38. The van der Waals surface area contributed by atoms with E-state index in [1.165, 1.54) is 0 Å².